The van der Waals surface area contributed by atoms with Crippen LogP contribution in [0.5, 0.6) is 5.75 Å². The van der Waals surface area contributed by atoms with Gasteiger partial charge in [0.25, 0.3) is 0 Å². The molecule has 0 aliphatic rings. The topological polar surface area (TPSA) is 61.5 Å². The van der Waals surface area contributed by atoms with Crippen LogP contribution in [0.15, 0.2) is 18.2 Å². The molecule has 0 spiro atoms. The number of hydrogen-bond acceptors (Lipinski definition) is 4. The quantitative estimate of drug-likeness (QED) is 0.846. The summed E-state index contributed by atoms with van der Waals surface area (Å²) in [6.07, 6.45) is -2.14. The van der Waals surface area contributed by atoms with Gasteiger partial charge in [0, 0.05) is 0 Å². The highest BCUT2D eigenvalue weighted by Gasteiger charge is 2.31. The Morgan fingerprint density at radius 2 is 2.11 bits per heavy atom. The summed E-state index contributed by atoms with van der Waals surface area (Å²) in [6, 6.07) is 2.49. The first-order chi connectivity index (χ1) is 8.52. The maximum absolute atomic E-state index is 13.7. The summed E-state index contributed by atoms with van der Waals surface area (Å²) in [5.74, 6) is -1.75. The van der Waals surface area contributed by atoms with Gasteiger partial charge in [-0.25, -0.2) is 13.6 Å². The summed E-state index contributed by atoms with van der Waals surface area (Å²) in [4.78, 5) is 11.2. The van der Waals surface area contributed by atoms with E-state index in [-0.39, 0.29) is 30.3 Å². The number of hydrogen-bond donors (Lipinski definition) is 1. The van der Waals surface area contributed by atoms with Gasteiger partial charge < -0.3 is 15.2 Å². The number of rotatable bonds is 5. The van der Waals surface area contributed by atoms with Gasteiger partial charge in [-0.05, 0) is 19.1 Å². The smallest absolute Gasteiger partial charge is 0.342 e. The van der Waals surface area contributed by atoms with E-state index in [0.29, 0.717) is 0 Å². The lowest BCUT2D eigenvalue weighted by Crippen LogP contribution is -2.32. The van der Waals surface area contributed by atoms with Gasteiger partial charge in [-0.15, -0.1) is 12.4 Å². The fourth-order valence-corrected chi connectivity index (χ4v) is 1.53. The zero-order valence-electron chi connectivity index (χ0n) is 10.6. The van der Waals surface area contributed by atoms with Crippen molar-refractivity contribution in [1.82, 2.24) is 0 Å². The number of nitrogens with two attached hydrogens (primary N) is 1. The number of methoxy groups -OCH3 is 1. The maximum atomic E-state index is 13.7. The van der Waals surface area contributed by atoms with Gasteiger partial charge in [-0.1, -0.05) is 6.07 Å². The molecule has 0 fully saturated rings. The molecule has 1 rings (SSSR count). The lowest BCUT2D eigenvalue weighted by atomic mass is 10.0. The van der Waals surface area contributed by atoms with Gasteiger partial charge in [0.15, 0.2) is 0 Å². The Morgan fingerprint density at radius 1 is 1.47 bits per heavy atom. The van der Waals surface area contributed by atoms with Crippen molar-refractivity contribution < 1.29 is 23.0 Å². The Balaban J connectivity index is 0.00000324. The molecular formula is C12H16ClF2NO3. The van der Waals surface area contributed by atoms with Gasteiger partial charge in [0.05, 0.1) is 25.3 Å². The van der Waals surface area contributed by atoms with Gasteiger partial charge in [0.2, 0.25) is 6.17 Å². The minimum absolute atomic E-state index is 0. The van der Waals surface area contributed by atoms with Gasteiger partial charge in [0.1, 0.15) is 11.6 Å². The van der Waals surface area contributed by atoms with Crippen LogP contribution in [-0.4, -0.2) is 25.9 Å². The van der Waals surface area contributed by atoms with Crippen LogP contribution < -0.4 is 10.5 Å². The van der Waals surface area contributed by atoms with Crippen molar-refractivity contribution in [1.29, 1.82) is 0 Å². The third-order valence-corrected chi connectivity index (χ3v) is 2.39. The second-order valence-electron chi connectivity index (χ2n) is 3.54. The molecule has 0 aliphatic carbocycles. The Morgan fingerprint density at radius 3 is 2.63 bits per heavy atom. The van der Waals surface area contributed by atoms with E-state index in [4.69, 9.17) is 10.5 Å². The summed E-state index contributed by atoms with van der Waals surface area (Å²) in [6.45, 7) is 1.57. The summed E-state index contributed by atoms with van der Waals surface area (Å²) < 4.78 is 36.8. The minimum atomic E-state index is -2.14. The number of esters is 1. The molecule has 2 atom stereocenters. The average Bonchev–Trinajstić information content (AvgIpc) is 2.36. The van der Waals surface area contributed by atoms with E-state index >= 15 is 0 Å². The first kappa shape index (κ1) is 17.6. The molecule has 1 unspecified atom stereocenters. The second-order valence-corrected chi connectivity index (χ2v) is 3.54. The van der Waals surface area contributed by atoms with Crippen LogP contribution in [0.2, 0.25) is 0 Å². The highest BCUT2D eigenvalue weighted by Crippen LogP contribution is 2.29. The fraction of sp³-hybridized carbons (Fsp3) is 0.417. The Bertz CT molecular complexity index is 431. The monoisotopic (exact) mass is 295 g/mol. The molecule has 0 radical (unpaired) electrons. The van der Waals surface area contributed by atoms with Gasteiger partial charge >= 0.3 is 5.97 Å². The first-order valence-electron chi connectivity index (χ1n) is 5.41. The summed E-state index contributed by atoms with van der Waals surface area (Å²) in [7, 11) is 1.31. The highest BCUT2D eigenvalue weighted by atomic mass is 35.5. The molecule has 0 aliphatic heterocycles. The van der Waals surface area contributed by atoms with Crippen molar-refractivity contribution >= 4 is 18.4 Å². The second kappa shape index (κ2) is 7.91. The molecular weight excluding hydrogens is 280 g/mol. The van der Waals surface area contributed by atoms with E-state index in [1.165, 1.54) is 19.2 Å². The molecule has 0 heterocycles. The van der Waals surface area contributed by atoms with Crippen molar-refractivity contribution in [2.45, 2.75) is 19.1 Å². The number of carbonyl (C=O) groups excluding carboxylic acids is 1. The maximum Gasteiger partial charge on any atom is 0.342 e. The van der Waals surface area contributed by atoms with Gasteiger partial charge in [-0.3, -0.25) is 0 Å². The predicted octanol–water partition coefficient (Wildman–Crippen LogP) is 2.16. The van der Waals surface area contributed by atoms with Crippen molar-refractivity contribution in [3.05, 3.63) is 29.6 Å². The standard InChI is InChI=1S/C12H15F2NO3.ClH/c1-3-18-12(16)10(14)11(15)9-7(13)5-4-6-8(9)17-2;/h4-6,10-11H,3,15H2,1-2H3;1H/t10?,11-;/m0./s1. The molecule has 0 aromatic heterocycles. The Hall–Kier alpha value is -1.40. The molecule has 108 valence electrons. The number of ether oxygens (including phenoxy) is 2. The van der Waals surface area contributed by atoms with Crippen LogP contribution in [-0.2, 0) is 9.53 Å². The van der Waals surface area contributed by atoms with Gasteiger partial charge in [-0.2, -0.15) is 0 Å². The average molecular weight is 296 g/mol. The lowest BCUT2D eigenvalue weighted by Gasteiger charge is -2.18. The molecule has 19 heavy (non-hydrogen) atoms. The Labute approximate surface area is 116 Å². The molecule has 0 amide bonds. The summed E-state index contributed by atoms with van der Waals surface area (Å²) in [5.41, 5.74) is 5.37. The van der Waals surface area contributed by atoms with Crippen LogP contribution in [0.25, 0.3) is 0 Å². The number of benzene rings is 1. The van der Waals surface area contributed by atoms with Crippen LogP contribution >= 0.6 is 12.4 Å². The van der Waals surface area contributed by atoms with Crippen LogP contribution in [0, 0.1) is 5.82 Å². The van der Waals surface area contributed by atoms with E-state index in [0.717, 1.165) is 6.07 Å². The zero-order chi connectivity index (χ0) is 13.7. The number of alkyl halides is 1. The number of carbonyl (C=O) groups is 1. The summed E-state index contributed by atoms with van der Waals surface area (Å²) >= 11 is 0. The molecule has 7 heteroatoms. The van der Waals surface area contributed by atoms with E-state index < -0.39 is 24.0 Å². The van der Waals surface area contributed by atoms with Crippen molar-refractivity contribution in [3.8, 4) is 5.75 Å². The molecule has 1 aromatic carbocycles. The molecule has 1 aromatic rings. The minimum Gasteiger partial charge on any atom is -0.496 e. The SMILES string of the molecule is CCOC(=O)C(F)[C@@H](N)c1c(F)cccc1OC.Cl. The molecule has 0 bridgehead atoms. The van der Waals surface area contributed by atoms with Crippen LogP contribution in [0.4, 0.5) is 8.78 Å². The first-order valence-corrected chi connectivity index (χ1v) is 5.41. The van der Waals surface area contributed by atoms with E-state index in [1.807, 2.05) is 0 Å². The highest BCUT2D eigenvalue weighted by molar-refractivity contribution is 5.85. The molecule has 0 saturated heterocycles. The normalized spacial score (nSPS) is 13.1. The third-order valence-electron chi connectivity index (χ3n) is 2.39. The van der Waals surface area contributed by atoms with Crippen LogP contribution in [0.3, 0.4) is 0 Å². The van der Waals surface area contributed by atoms with E-state index in [9.17, 15) is 13.6 Å². The molecule has 2 N–H and O–H groups in total. The largest absolute Gasteiger partial charge is 0.496 e. The zero-order valence-corrected chi connectivity index (χ0v) is 11.4. The van der Waals surface area contributed by atoms with E-state index in [1.54, 1.807) is 6.92 Å². The van der Waals surface area contributed by atoms with Crippen molar-refractivity contribution in [2.24, 2.45) is 5.73 Å². The molecule has 0 saturated carbocycles. The molecule has 4 nitrogen and oxygen atoms in total. The van der Waals surface area contributed by atoms with Crippen LogP contribution in [0.1, 0.15) is 18.5 Å². The summed E-state index contributed by atoms with van der Waals surface area (Å²) in [5, 5.41) is 0. The van der Waals surface area contributed by atoms with E-state index in [2.05, 4.69) is 4.74 Å². The Kier molecular flexibility index (Phi) is 7.33. The lowest BCUT2D eigenvalue weighted by molar-refractivity contribution is -0.150. The van der Waals surface area contributed by atoms with Crippen molar-refractivity contribution in [3.63, 3.8) is 0 Å². The predicted molar refractivity (Wildman–Crippen MR) is 68.7 cm³/mol. The third kappa shape index (κ3) is 4.04. The number of halogens is 3. The van der Waals surface area contributed by atoms with Crippen molar-refractivity contribution in [2.75, 3.05) is 13.7 Å². The fourth-order valence-electron chi connectivity index (χ4n) is 1.53.